The number of benzene rings is 1. The van der Waals surface area contributed by atoms with Crippen molar-refractivity contribution in [1.82, 2.24) is 19.8 Å². The zero-order chi connectivity index (χ0) is 20.9. The molecule has 1 saturated heterocycles. The first kappa shape index (κ1) is 20.7. The van der Waals surface area contributed by atoms with Crippen molar-refractivity contribution < 1.29 is 9.90 Å². The monoisotopic (exact) mass is 425 g/mol. The predicted octanol–water partition coefficient (Wildman–Crippen LogP) is 2.32. The molecule has 0 spiro atoms. The zero-order valence-corrected chi connectivity index (χ0v) is 18.0. The summed E-state index contributed by atoms with van der Waals surface area (Å²) in [5.41, 5.74) is 1.17. The Bertz CT molecular complexity index is 986. The summed E-state index contributed by atoms with van der Waals surface area (Å²) in [5.74, 6) is 1.03. The fourth-order valence-corrected chi connectivity index (χ4v) is 4.78. The summed E-state index contributed by atoms with van der Waals surface area (Å²) in [6.07, 6.45) is 2.05. The number of thiophene rings is 1. The summed E-state index contributed by atoms with van der Waals surface area (Å²) in [6.45, 7) is 4.56. The minimum Gasteiger partial charge on any atom is -0.395 e. The third-order valence-corrected chi connectivity index (χ3v) is 6.62. The van der Waals surface area contributed by atoms with Crippen molar-refractivity contribution in [2.75, 3.05) is 57.8 Å². The number of rotatable bonds is 7. The Kier molecular flexibility index (Phi) is 6.56. The van der Waals surface area contributed by atoms with Gasteiger partial charge in [-0.1, -0.05) is 30.3 Å². The molecule has 0 radical (unpaired) electrons. The number of fused-ring (bicyclic) bond motifs is 1. The van der Waals surface area contributed by atoms with Crippen molar-refractivity contribution in [1.29, 1.82) is 0 Å². The summed E-state index contributed by atoms with van der Waals surface area (Å²) in [7, 11) is 1.98. The Morgan fingerprint density at radius 1 is 1.17 bits per heavy atom. The number of hydrogen-bond donors (Lipinski definition) is 1. The second-order valence-electron chi connectivity index (χ2n) is 7.51. The standard InChI is InChI=1S/C22H27N5O2S/c1-25(8-7-20(29)27-11-9-26(10-12-27)13-14-28)21-18-15-19(17-5-3-2-4-6-17)30-22(18)24-16-23-21/h2-6,15-16,28H,7-14H2,1H3. The number of carbonyl (C=O) groups is 1. The lowest BCUT2D eigenvalue weighted by atomic mass is 10.2. The minimum absolute atomic E-state index is 0.167. The van der Waals surface area contributed by atoms with Crippen LogP contribution in [0, 0.1) is 0 Å². The van der Waals surface area contributed by atoms with Gasteiger partial charge in [0.2, 0.25) is 5.91 Å². The molecule has 30 heavy (non-hydrogen) atoms. The SMILES string of the molecule is CN(CCC(=O)N1CCN(CCO)CC1)c1ncnc2sc(-c3ccccc3)cc12. The summed E-state index contributed by atoms with van der Waals surface area (Å²) >= 11 is 1.66. The van der Waals surface area contributed by atoms with Gasteiger partial charge in [0.15, 0.2) is 0 Å². The molecule has 158 valence electrons. The van der Waals surface area contributed by atoms with Crippen LogP contribution in [0.3, 0.4) is 0 Å². The number of aromatic nitrogens is 2. The molecular weight excluding hydrogens is 398 g/mol. The average molecular weight is 426 g/mol. The normalized spacial score (nSPS) is 14.9. The van der Waals surface area contributed by atoms with Crippen LogP contribution in [0.2, 0.25) is 0 Å². The third kappa shape index (κ3) is 4.61. The number of β-amino-alcohol motifs (C(OH)–C–C–N with tert-alkyl or cyclic N) is 1. The number of nitrogens with zero attached hydrogens (tertiary/aromatic N) is 5. The zero-order valence-electron chi connectivity index (χ0n) is 17.2. The van der Waals surface area contributed by atoms with E-state index in [1.54, 1.807) is 17.7 Å². The van der Waals surface area contributed by atoms with E-state index in [2.05, 4.69) is 33.1 Å². The lowest BCUT2D eigenvalue weighted by molar-refractivity contribution is -0.132. The van der Waals surface area contributed by atoms with Crippen molar-refractivity contribution in [2.45, 2.75) is 6.42 Å². The topological polar surface area (TPSA) is 72.8 Å². The average Bonchev–Trinajstić information content (AvgIpc) is 3.23. The molecule has 0 atom stereocenters. The molecule has 1 amide bonds. The molecule has 1 aliphatic rings. The van der Waals surface area contributed by atoms with E-state index in [0.717, 1.165) is 47.1 Å². The van der Waals surface area contributed by atoms with E-state index < -0.39 is 0 Å². The van der Waals surface area contributed by atoms with Crippen LogP contribution in [0.4, 0.5) is 5.82 Å². The Balaban J connectivity index is 1.40. The molecule has 0 saturated carbocycles. The Morgan fingerprint density at radius 3 is 2.67 bits per heavy atom. The summed E-state index contributed by atoms with van der Waals surface area (Å²) in [5, 5.41) is 10.1. The molecule has 3 aromatic rings. The number of carbonyl (C=O) groups excluding carboxylic acids is 1. The molecule has 0 unspecified atom stereocenters. The second kappa shape index (κ2) is 9.51. The first-order valence-electron chi connectivity index (χ1n) is 10.3. The fraction of sp³-hybridized carbons (Fsp3) is 0.409. The number of piperazine rings is 1. The molecule has 4 rings (SSSR count). The summed E-state index contributed by atoms with van der Waals surface area (Å²) in [6, 6.07) is 12.4. The molecule has 0 aliphatic carbocycles. The van der Waals surface area contributed by atoms with Gasteiger partial charge < -0.3 is 14.9 Å². The Hall–Kier alpha value is -2.55. The van der Waals surface area contributed by atoms with Crippen molar-refractivity contribution in [2.24, 2.45) is 0 Å². The molecule has 8 heteroatoms. The van der Waals surface area contributed by atoms with Gasteiger partial charge in [0.05, 0.1) is 12.0 Å². The van der Waals surface area contributed by atoms with Crippen LogP contribution in [0.15, 0.2) is 42.7 Å². The molecular formula is C22H27N5O2S. The van der Waals surface area contributed by atoms with Crippen LogP contribution in [-0.4, -0.2) is 83.7 Å². The van der Waals surface area contributed by atoms with Gasteiger partial charge in [0.1, 0.15) is 17.0 Å². The van der Waals surface area contributed by atoms with Gasteiger partial charge in [0, 0.05) is 57.6 Å². The predicted molar refractivity (Wildman–Crippen MR) is 121 cm³/mol. The number of hydrogen-bond acceptors (Lipinski definition) is 7. The van der Waals surface area contributed by atoms with E-state index in [4.69, 9.17) is 5.11 Å². The van der Waals surface area contributed by atoms with Crippen molar-refractivity contribution in [3.05, 3.63) is 42.7 Å². The quantitative estimate of drug-likeness (QED) is 0.626. The van der Waals surface area contributed by atoms with E-state index in [0.29, 0.717) is 19.5 Å². The van der Waals surface area contributed by atoms with Gasteiger partial charge >= 0.3 is 0 Å². The van der Waals surface area contributed by atoms with Crippen LogP contribution < -0.4 is 4.90 Å². The largest absolute Gasteiger partial charge is 0.395 e. The minimum atomic E-state index is 0.167. The lowest BCUT2D eigenvalue weighted by Gasteiger charge is -2.34. The number of aliphatic hydroxyl groups is 1. The maximum atomic E-state index is 12.7. The number of anilines is 1. The maximum Gasteiger partial charge on any atom is 0.224 e. The van der Waals surface area contributed by atoms with Crippen molar-refractivity contribution >= 4 is 33.3 Å². The first-order chi connectivity index (χ1) is 14.7. The van der Waals surface area contributed by atoms with Crippen LogP contribution in [0.5, 0.6) is 0 Å². The van der Waals surface area contributed by atoms with E-state index >= 15 is 0 Å². The molecule has 1 fully saturated rings. The van der Waals surface area contributed by atoms with Gasteiger partial charge in [0.25, 0.3) is 0 Å². The smallest absolute Gasteiger partial charge is 0.224 e. The highest BCUT2D eigenvalue weighted by molar-refractivity contribution is 7.21. The van der Waals surface area contributed by atoms with E-state index in [1.807, 2.05) is 35.0 Å². The highest BCUT2D eigenvalue weighted by Crippen LogP contribution is 2.35. The first-order valence-corrected chi connectivity index (χ1v) is 11.1. The molecule has 1 aliphatic heterocycles. The Morgan fingerprint density at radius 2 is 1.93 bits per heavy atom. The maximum absolute atomic E-state index is 12.7. The van der Waals surface area contributed by atoms with Crippen LogP contribution >= 0.6 is 11.3 Å². The summed E-state index contributed by atoms with van der Waals surface area (Å²) in [4.78, 5) is 29.9. The second-order valence-corrected chi connectivity index (χ2v) is 8.54. The molecule has 1 N–H and O–H groups in total. The van der Waals surface area contributed by atoms with Crippen molar-refractivity contribution in [3.63, 3.8) is 0 Å². The molecule has 7 nitrogen and oxygen atoms in total. The third-order valence-electron chi connectivity index (χ3n) is 5.53. The highest BCUT2D eigenvalue weighted by atomic mass is 32.1. The van der Waals surface area contributed by atoms with Gasteiger partial charge in [-0.15, -0.1) is 11.3 Å². The molecule has 2 aromatic heterocycles. The Labute approximate surface area is 180 Å². The summed E-state index contributed by atoms with van der Waals surface area (Å²) < 4.78 is 0. The molecule has 0 bridgehead atoms. The number of amides is 1. The van der Waals surface area contributed by atoms with Crippen LogP contribution in [-0.2, 0) is 4.79 Å². The van der Waals surface area contributed by atoms with Gasteiger partial charge in [-0.3, -0.25) is 9.69 Å². The van der Waals surface area contributed by atoms with Gasteiger partial charge in [-0.25, -0.2) is 9.97 Å². The van der Waals surface area contributed by atoms with E-state index in [9.17, 15) is 4.79 Å². The van der Waals surface area contributed by atoms with E-state index in [1.165, 1.54) is 5.56 Å². The van der Waals surface area contributed by atoms with Crippen molar-refractivity contribution in [3.8, 4) is 10.4 Å². The van der Waals surface area contributed by atoms with Gasteiger partial charge in [-0.2, -0.15) is 0 Å². The van der Waals surface area contributed by atoms with Gasteiger partial charge in [-0.05, 0) is 11.6 Å². The lowest BCUT2D eigenvalue weighted by Crippen LogP contribution is -2.49. The van der Waals surface area contributed by atoms with Crippen LogP contribution in [0.25, 0.3) is 20.7 Å². The number of aliphatic hydroxyl groups excluding tert-OH is 1. The van der Waals surface area contributed by atoms with Crippen LogP contribution in [0.1, 0.15) is 6.42 Å². The molecule has 3 heterocycles. The highest BCUT2D eigenvalue weighted by Gasteiger charge is 2.21. The molecule has 1 aromatic carbocycles. The van der Waals surface area contributed by atoms with E-state index in [-0.39, 0.29) is 12.5 Å². The fourth-order valence-electron chi connectivity index (χ4n) is 3.78.